The normalized spacial score (nSPS) is 27.0. The van der Waals surface area contributed by atoms with Crippen LogP contribution in [0.5, 0.6) is 0 Å². The van der Waals surface area contributed by atoms with Crippen LogP contribution in [0.25, 0.3) is 11.0 Å². The first-order chi connectivity index (χ1) is 10.1. The van der Waals surface area contributed by atoms with E-state index in [1.165, 1.54) is 0 Å². The van der Waals surface area contributed by atoms with E-state index in [2.05, 4.69) is 14.1 Å². The monoisotopic (exact) mass is 324 g/mol. The molecule has 3 heterocycles. The van der Waals surface area contributed by atoms with E-state index < -0.39 is 10.0 Å². The van der Waals surface area contributed by atoms with E-state index in [4.69, 9.17) is 0 Å². The average Bonchev–Trinajstić information content (AvgIpc) is 3.20. The molecule has 2 aliphatic heterocycles. The minimum Gasteiger partial charge on any atom is -0.316 e. The average molecular weight is 324 g/mol. The summed E-state index contributed by atoms with van der Waals surface area (Å²) in [4.78, 5) is 0.289. The molecular weight excluding hydrogens is 308 g/mol. The fraction of sp³-hybridized carbons (Fsp3) is 0.538. The van der Waals surface area contributed by atoms with Crippen LogP contribution >= 0.6 is 11.7 Å². The summed E-state index contributed by atoms with van der Waals surface area (Å²) in [6, 6.07) is 5.17. The molecule has 2 aromatic rings. The number of sulfonamides is 1. The van der Waals surface area contributed by atoms with Gasteiger partial charge in [-0.15, -0.1) is 0 Å². The Kier molecular flexibility index (Phi) is 3.04. The molecule has 2 aliphatic rings. The molecule has 1 atom stereocenters. The molecule has 1 aromatic carbocycles. The smallest absolute Gasteiger partial charge is 0.245 e. The van der Waals surface area contributed by atoms with Gasteiger partial charge >= 0.3 is 0 Å². The van der Waals surface area contributed by atoms with Crippen molar-refractivity contribution in [3.63, 3.8) is 0 Å². The zero-order valence-corrected chi connectivity index (χ0v) is 13.1. The summed E-state index contributed by atoms with van der Waals surface area (Å²) in [5.41, 5.74) is 1.27. The lowest BCUT2D eigenvalue weighted by Gasteiger charge is -2.22. The standard InChI is InChI=1S/C13H16N4O2S2/c18-21(19,11-3-1-2-10-12(11)16-20-15-10)17-7-5-13(9-17)4-6-14-8-13/h1-3,14H,4-9H2. The number of hydrogen-bond acceptors (Lipinski definition) is 6. The minimum absolute atomic E-state index is 0.126. The molecule has 21 heavy (non-hydrogen) atoms. The number of nitrogens with one attached hydrogen (secondary N) is 1. The Morgan fingerprint density at radius 1 is 1.29 bits per heavy atom. The SMILES string of the molecule is O=S(=O)(c1cccc2nsnc12)N1CCC2(CCNC2)C1. The highest BCUT2D eigenvalue weighted by molar-refractivity contribution is 7.89. The summed E-state index contributed by atoms with van der Waals surface area (Å²) in [5.74, 6) is 0. The molecule has 0 aliphatic carbocycles. The maximum absolute atomic E-state index is 12.9. The molecule has 0 radical (unpaired) electrons. The molecule has 112 valence electrons. The van der Waals surface area contributed by atoms with Crippen molar-refractivity contribution in [2.75, 3.05) is 26.2 Å². The maximum atomic E-state index is 12.9. The zero-order chi connectivity index (χ0) is 14.5. The number of aromatic nitrogens is 2. The predicted molar refractivity (Wildman–Crippen MR) is 80.7 cm³/mol. The van der Waals surface area contributed by atoms with Crippen LogP contribution in [0.3, 0.4) is 0 Å². The lowest BCUT2D eigenvalue weighted by atomic mass is 9.87. The van der Waals surface area contributed by atoms with Crippen molar-refractivity contribution in [2.24, 2.45) is 5.41 Å². The number of fused-ring (bicyclic) bond motifs is 1. The van der Waals surface area contributed by atoms with Crippen molar-refractivity contribution in [1.82, 2.24) is 18.4 Å². The Bertz CT molecular complexity index is 780. The zero-order valence-electron chi connectivity index (χ0n) is 11.4. The summed E-state index contributed by atoms with van der Waals surface area (Å²) < 4.78 is 35.8. The largest absolute Gasteiger partial charge is 0.316 e. The second kappa shape index (κ2) is 4.70. The van der Waals surface area contributed by atoms with Gasteiger partial charge < -0.3 is 5.32 Å². The molecule has 1 unspecified atom stereocenters. The molecular formula is C13H16N4O2S2. The Hall–Kier alpha value is -1.09. The van der Waals surface area contributed by atoms with Crippen LogP contribution in [0.2, 0.25) is 0 Å². The van der Waals surface area contributed by atoms with E-state index in [1.807, 2.05) is 0 Å². The molecule has 1 aromatic heterocycles. The van der Waals surface area contributed by atoms with Gasteiger partial charge in [-0.3, -0.25) is 0 Å². The summed E-state index contributed by atoms with van der Waals surface area (Å²) in [6.45, 7) is 3.11. The fourth-order valence-electron chi connectivity index (χ4n) is 3.37. The molecule has 1 N–H and O–H groups in total. The second-order valence-corrected chi connectivity index (χ2v) is 8.34. The molecule has 0 bridgehead atoms. The molecule has 8 heteroatoms. The first kappa shape index (κ1) is 13.6. The quantitative estimate of drug-likeness (QED) is 0.894. The van der Waals surface area contributed by atoms with E-state index in [9.17, 15) is 8.42 Å². The first-order valence-electron chi connectivity index (χ1n) is 7.03. The summed E-state index contributed by atoms with van der Waals surface area (Å²) in [6.07, 6.45) is 1.99. The maximum Gasteiger partial charge on any atom is 0.245 e. The van der Waals surface area contributed by atoms with Gasteiger partial charge in [-0.25, -0.2) is 8.42 Å². The minimum atomic E-state index is -3.49. The Labute approximate surface area is 127 Å². The highest BCUT2D eigenvalue weighted by Gasteiger charge is 2.44. The Morgan fingerprint density at radius 3 is 3.00 bits per heavy atom. The summed E-state index contributed by atoms with van der Waals surface area (Å²) in [5, 5.41) is 3.35. The van der Waals surface area contributed by atoms with E-state index in [0.717, 1.165) is 37.7 Å². The van der Waals surface area contributed by atoms with Crippen LogP contribution in [0.1, 0.15) is 12.8 Å². The molecule has 0 saturated carbocycles. The third-order valence-corrected chi connectivity index (χ3v) is 7.02. The third-order valence-electron chi connectivity index (χ3n) is 4.60. The molecule has 6 nitrogen and oxygen atoms in total. The van der Waals surface area contributed by atoms with Gasteiger partial charge in [-0.05, 0) is 36.9 Å². The van der Waals surface area contributed by atoms with Crippen molar-refractivity contribution in [2.45, 2.75) is 17.7 Å². The van der Waals surface area contributed by atoms with Gasteiger partial charge in [0.05, 0.1) is 11.7 Å². The lowest BCUT2D eigenvalue weighted by Crippen LogP contribution is -2.33. The van der Waals surface area contributed by atoms with Crippen LogP contribution in [0, 0.1) is 5.41 Å². The van der Waals surface area contributed by atoms with Gasteiger partial charge in [0.1, 0.15) is 15.9 Å². The van der Waals surface area contributed by atoms with Crippen molar-refractivity contribution in [3.8, 4) is 0 Å². The van der Waals surface area contributed by atoms with Gasteiger partial charge in [0.15, 0.2) is 0 Å². The third kappa shape index (κ3) is 2.09. The van der Waals surface area contributed by atoms with Gasteiger partial charge in [-0.1, -0.05) is 6.07 Å². The topological polar surface area (TPSA) is 75.2 Å². The van der Waals surface area contributed by atoms with Crippen LogP contribution in [-0.4, -0.2) is 47.6 Å². The highest BCUT2D eigenvalue weighted by Crippen LogP contribution is 2.39. The first-order valence-corrected chi connectivity index (χ1v) is 9.20. The number of nitrogens with zero attached hydrogens (tertiary/aromatic N) is 3. The van der Waals surface area contributed by atoms with Crippen molar-refractivity contribution in [3.05, 3.63) is 18.2 Å². The second-order valence-electron chi connectivity index (χ2n) is 5.90. The van der Waals surface area contributed by atoms with Crippen LogP contribution < -0.4 is 5.32 Å². The number of benzene rings is 1. The molecule has 4 rings (SSSR count). The van der Waals surface area contributed by atoms with E-state index in [-0.39, 0.29) is 10.3 Å². The van der Waals surface area contributed by atoms with E-state index >= 15 is 0 Å². The van der Waals surface area contributed by atoms with Crippen LogP contribution in [0.4, 0.5) is 0 Å². The Morgan fingerprint density at radius 2 is 2.19 bits per heavy atom. The molecule has 1 spiro atoms. The van der Waals surface area contributed by atoms with E-state index in [0.29, 0.717) is 24.1 Å². The Balaban J connectivity index is 1.72. The van der Waals surface area contributed by atoms with Crippen LogP contribution in [-0.2, 0) is 10.0 Å². The predicted octanol–water partition coefficient (Wildman–Crippen LogP) is 1.07. The van der Waals surface area contributed by atoms with Gasteiger partial charge in [0, 0.05) is 19.6 Å². The molecule has 0 amide bonds. The van der Waals surface area contributed by atoms with E-state index in [1.54, 1.807) is 22.5 Å². The summed E-state index contributed by atoms with van der Waals surface area (Å²) >= 11 is 1.05. The summed E-state index contributed by atoms with van der Waals surface area (Å²) in [7, 11) is -3.49. The lowest BCUT2D eigenvalue weighted by molar-refractivity contribution is 0.338. The fourth-order valence-corrected chi connectivity index (χ4v) is 5.68. The number of hydrogen-bond donors (Lipinski definition) is 1. The van der Waals surface area contributed by atoms with Gasteiger partial charge in [0.25, 0.3) is 0 Å². The van der Waals surface area contributed by atoms with Gasteiger partial charge in [0.2, 0.25) is 10.0 Å². The highest BCUT2D eigenvalue weighted by atomic mass is 32.2. The van der Waals surface area contributed by atoms with Crippen molar-refractivity contribution in [1.29, 1.82) is 0 Å². The van der Waals surface area contributed by atoms with Gasteiger partial charge in [-0.2, -0.15) is 13.1 Å². The van der Waals surface area contributed by atoms with Crippen molar-refractivity contribution < 1.29 is 8.42 Å². The molecule has 2 saturated heterocycles. The van der Waals surface area contributed by atoms with Crippen molar-refractivity contribution >= 4 is 32.8 Å². The van der Waals surface area contributed by atoms with Crippen LogP contribution in [0.15, 0.2) is 23.1 Å². The number of rotatable bonds is 2. The molecule has 2 fully saturated rings.